The van der Waals surface area contributed by atoms with Crippen LogP contribution in [0.2, 0.25) is 0 Å². The van der Waals surface area contributed by atoms with Crippen LogP contribution < -0.4 is 0 Å². The van der Waals surface area contributed by atoms with Crippen molar-refractivity contribution in [3.05, 3.63) is 35.4 Å². The molecule has 0 aliphatic heterocycles. The van der Waals surface area contributed by atoms with E-state index in [2.05, 4.69) is 65.8 Å². The van der Waals surface area contributed by atoms with Gasteiger partial charge in [0.1, 0.15) is 0 Å². The first-order chi connectivity index (χ1) is 6.23. The van der Waals surface area contributed by atoms with E-state index in [0.29, 0.717) is 0 Å². The lowest BCUT2D eigenvalue weighted by Gasteiger charge is -2.29. The van der Waals surface area contributed by atoms with Crippen molar-refractivity contribution in [2.45, 2.75) is 59.8 Å². The van der Waals surface area contributed by atoms with E-state index in [1.807, 2.05) is 0 Å². The van der Waals surface area contributed by atoms with Crippen LogP contribution >= 0.6 is 0 Å². The van der Waals surface area contributed by atoms with Crippen LogP contribution in [-0.4, -0.2) is 0 Å². The fraction of sp³-hybridized carbons (Fsp3) is 0.600. The minimum atomic E-state index is 0. The minimum absolute atomic E-state index is 0. The Labute approximate surface area is 95.7 Å². The van der Waals surface area contributed by atoms with Gasteiger partial charge in [-0.05, 0) is 22.0 Å². The van der Waals surface area contributed by atoms with Crippen molar-refractivity contribution < 1.29 is 0 Å². The maximum absolute atomic E-state index is 2.28. The quantitative estimate of drug-likeness (QED) is 0.565. The second-order valence-corrected chi connectivity index (χ2v) is 6.05. The monoisotopic (exact) mass is 206 g/mol. The molecular formula is C15H26. The lowest BCUT2D eigenvalue weighted by molar-refractivity contribution is 0.530. The van der Waals surface area contributed by atoms with Crippen LogP contribution in [0, 0.1) is 0 Å². The van der Waals surface area contributed by atoms with Crippen LogP contribution in [0.4, 0.5) is 0 Å². The molecule has 0 heterocycles. The Kier molecular flexibility index (Phi) is 4.16. The molecule has 0 bridgehead atoms. The van der Waals surface area contributed by atoms with E-state index in [0.717, 1.165) is 0 Å². The first kappa shape index (κ1) is 14.2. The number of hydrogen-bond acceptors (Lipinski definition) is 0. The molecule has 0 saturated heterocycles. The predicted molar refractivity (Wildman–Crippen MR) is 70.6 cm³/mol. The molecule has 0 spiro atoms. The maximum atomic E-state index is 2.28. The van der Waals surface area contributed by atoms with Crippen molar-refractivity contribution in [1.29, 1.82) is 0 Å². The Hall–Kier alpha value is -0.780. The van der Waals surface area contributed by atoms with Gasteiger partial charge in [-0.3, -0.25) is 0 Å². The third kappa shape index (κ3) is 3.37. The maximum Gasteiger partial charge on any atom is -0.0129 e. The minimum Gasteiger partial charge on any atom is -0.0776 e. The lowest BCUT2D eigenvalue weighted by Crippen LogP contribution is -2.21. The van der Waals surface area contributed by atoms with Gasteiger partial charge in [-0.15, -0.1) is 0 Å². The van der Waals surface area contributed by atoms with E-state index in [4.69, 9.17) is 0 Å². The number of hydrogen-bond donors (Lipinski definition) is 0. The average Bonchev–Trinajstić information content (AvgIpc) is 2.01. The summed E-state index contributed by atoms with van der Waals surface area (Å²) < 4.78 is 0. The Morgan fingerprint density at radius 2 is 0.933 bits per heavy atom. The molecule has 0 saturated carbocycles. The predicted octanol–water partition coefficient (Wildman–Crippen LogP) is 4.92. The first-order valence-electron chi connectivity index (χ1n) is 5.33. The van der Waals surface area contributed by atoms with Crippen molar-refractivity contribution in [2.24, 2.45) is 0 Å². The molecule has 0 aliphatic rings. The summed E-state index contributed by atoms with van der Waals surface area (Å²) in [6, 6.07) is 8.77. The van der Waals surface area contributed by atoms with Crippen molar-refractivity contribution in [2.75, 3.05) is 0 Å². The van der Waals surface area contributed by atoms with Gasteiger partial charge < -0.3 is 0 Å². The molecule has 1 aromatic carbocycles. The summed E-state index contributed by atoms with van der Waals surface area (Å²) in [6.45, 7) is 13.7. The average molecular weight is 206 g/mol. The molecule has 1 rings (SSSR count). The summed E-state index contributed by atoms with van der Waals surface area (Å²) >= 11 is 0. The van der Waals surface area contributed by atoms with Crippen LogP contribution in [0.5, 0.6) is 0 Å². The number of benzene rings is 1. The van der Waals surface area contributed by atoms with Crippen LogP contribution in [0.15, 0.2) is 24.3 Å². The summed E-state index contributed by atoms with van der Waals surface area (Å²) in [5, 5.41) is 0. The molecule has 86 valence electrons. The fourth-order valence-corrected chi connectivity index (χ4v) is 1.79. The summed E-state index contributed by atoms with van der Waals surface area (Å²) in [5.41, 5.74) is 3.41. The van der Waals surface area contributed by atoms with E-state index in [9.17, 15) is 0 Å². The van der Waals surface area contributed by atoms with E-state index < -0.39 is 0 Å². The highest BCUT2D eigenvalue weighted by Gasteiger charge is 2.23. The topological polar surface area (TPSA) is 0 Å². The summed E-state index contributed by atoms with van der Waals surface area (Å²) in [6.07, 6.45) is 0. The summed E-state index contributed by atoms with van der Waals surface area (Å²) in [5.74, 6) is 0. The Balaban J connectivity index is 0.00000196. The largest absolute Gasteiger partial charge is 0.0776 e. The normalized spacial score (nSPS) is 12.1. The fourth-order valence-electron chi connectivity index (χ4n) is 1.79. The molecule has 1 aromatic rings. The Bertz CT molecular complexity index is 275. The highest BCUT2D eigenvalue weighted by molar-refractivity contribution is 5.37. The smallest absolute Gasteiger partial charge is 0.0129 e. The SMILES string of the molecule is C.CC(C)(C)c1ccccc1C(C)(C)C. The molecule has 15 heavy (non-hydrogen) atoms. The second-order valence-electron chi connectivity index (χ2n) is 6.05. The third-order valence-corrected chi connectivity index (χ3v) is 2.54. The molecule has 0 unspecified atom stereocenters. The van der Waals surface area contributed by atoms with Crippen molar-refractivity contribution in [1.82, 2.24) is 0 Å². The molecule has 0 amide bonds. The van der Waals surface area contributed by atoms with Gasteiger partial charge in [0.2, 0.25) is 0 Å². The van der Waals surface area contributed by atoms with Gasteiger partial charge in [0.25, 0.3) is 0 Å². The van der Waals surface area contributed by atoms with Gasteiger partial charge in [-0.2, -0.15) is 0 Å². The van der Waals surface area contributed by atoms with Gasteiger partial charge in [-0.1, -0.05) is 73.2 Å². The highest BCUT2D eigenvalue weighted by atomic mass is 14.3. The van der Waals surface area contributed by atoms with Gasteiger partial charge in [0.05, 0.1) is 0 Å². The van der Waals surface area contributed by atoms with E-state index >= 15 is 0 Å². The van der Waals surface area contributed by atoms with Crippen molar-refractivity contribution in [3.8, 4) is 0 Å². The standard InChI is InChI=1S/C14H22.CH4/c1-13(2,3)11-9-7-8-10-12(11)14(4,5)6;/h7-10H,1-6H3;1H4. The van der Waals surface area contributed by atoms with Crippen LogP contribution in [0.3, 0.4) is 0 Å². The molecule has 0 atom stereocenters. The molecule has 0 radical (unpaired) electrons. The van der Waals surface area contributed by atoms with Gasteiger partial charge in [-0.25, -0.2) is 0 Å². The third-order valence-electron chi connectivity index (χ3n) is 2.54. The Morgan fingerprint density at radius 1 is 0.667 bits per heavy atom. The van der Waals surface area contributed by atoms with Gasteiger partial charge in [0.15, 0.2) is 0 Å². The highest BCUT2D eigenvalue weighted by Crippen LogP contribution is 2.33. The Morgan fingerprint density at radius 3 is 1.13 bits per heavy atom. The zero-order valence-corrected chi connectivity index (χ0v) is 10.3. The van der Waals surface area contributed by atoms with Crippen LogP contribution in [0.25, 0.3) is 0 Å². The molecule has 0 fully saturated rings. The zero-order valence-electron chi connectivity index (χ0n) is 10.3. The van der Waals surface area contributed by atoms with E-state index in [-0.39, 0.29) is 18.3 Å². The molecular weight excluding hydrogens is 180 g/mol. The van der Waals surface area contributed by atoms with Crippen molar-refractivity contribution >= 4 is 0 Å². The van der Waals surface area contributed by atoms with Crippen molar-refractivity contribution in [3.63, 3.8) is 0 Å². The van der Waals surface area contributed by atoms with Crippen LogP contribution in [0.1, 0.15) is 60.1 Å². The molecule has 0 aromatic heterocycles. The first-order valence-corrected chi connectivity index (χ1v) is 5.33. The second kappa shape index (κ2) is 4.38. The molecule has 0 heteroatoms. The van der Waals surface area contributed by atoms with E-state index in [1.165, 1.54) is 11.1 Å². The summed E-state index contributed by atoms with van der Waals surface area (Å²) in [4.78, 5) is 0. The van der Waals surface area contributed by atoms with Gasteiger partial charge >= 0.3 is 0 Å². The molecule has 0 N–H and O–H groups in total. The van der Waals surface area contributed by atoms with E-state index in [1.54, 1.807) is 0 Å². The number of rotatable bonds is 0. The molecule has 0 nitrogen and oxygen atoms in total. The summed E-state index contributed by atoms with van der Waals surface area (Å²) in [7, 11) is 0. The van der Waals surface area contributed by atoms with Gasteiger partial charge in [0, 0.05) is 0 Å². The van der Waals surface area contributed by atoms with Crippen LogP contribution in [-0.2, 0) is 10.8 Å². The lowest BCUT2D eigenvalue weighted by atomic mass is 9.75. The zero-order chi connectivity index (χ0) is 11.0. The molecule has 0 aliphatic carbocycles.